The summed E-state index contributed by atoms with van der Waals surface area (Å²) in [6, 6.07) is 10.5. The van der Waals surface area contributed by atoms with Crippen LogP contribution in [0, 0.1) is 0 Å². The predicted octanol–water partition coefficient (Wildman–Crippen LogP) is 2.09. The van der Waals surface area contributed by atoms with Crippen LogP contribution in [0.15, 0.2) is 58.1 Å². The first kappa shape index (κ1) is 16.4. The summed E-state index contributed by atoms with van der Waals surface area (Å²) in [5.41, 5.74) is 0.315. The largest absolute Gasteiger partial charge is 0.384 e. The first-order valence-corrected chi connectivity index (χ1v) is 8.51. The second-order valence-electron chi connectivity index (χ2n) is 5.89. The van der Waals surface area contributed by atoms with Crippen molar-refractivity contribution in [3.8, 4) is 0 Å². The molecule has 0 fully saturated rings. The molecule has 0 saturated carbocycles. The fraction of sp³-hybridized carbons (Fsp3) is 0.222. The molecule has 0 bridgehead atoms. The maximum atomic E-state index is 12.2. The van der Waals surface area contributed by atoms with Gasteiger partial charge in [-0.05, 0) is 41.4 Å². The first-order chi connectivity index (χ1) is 11.5. The number of aromatic nitrogens is 1. The van der Waals surface area contributed by atoms with Gasteiger partial charge in [-0.25, -0.2) is 0 Å². The maximum Gasteiger partial charge on any atom is 0.240 e. The number of nitrogens with zero attached hydrogens (tertiary/aromatic N) is 1. The lowest BCUT2D eigenvalue weighted by molar-refractivity contribution is -0.122. The van der Waals surface area contributed by atoms with Gasteiger partial charge in [0, 0.05) is 17.6 Å². The van der Waals surface area contributed by atoms with Crippen molar-refractivity contribution >= 4 is 28.1 Å². The minimum absolute atomic E-state index is 0.0670. The molecule has 0 saturated heterocycles. The maximum absolute atomic E-state index is 12.2. The van der Waals surface area contributed by atoms with Crippen LogP contribution in [0.25, 0.3) is 10.9 Å². The topological polar surface area (TPSA) is 71.3 Å². The van der Waals surface area contributed by atoms with Crippen LogP contribution in [0.5, 0.6) is 0 Å². The molecular weight excluding hydrogens is 324 g/mol. The van der Waals surface area contributed by atoms with Crippen molar-refractivity contribution in [3.05, 3.63) is 69.1 Å². The number of thiophene rings is 1. The zero-order chi connectivity index (χ0) is 17.2. The van der Waals surface area contributed by atoms with Crippen molar-refractivity contribution in [2.45, 2.75) is 19.1 Å². The number of carbonyl (C=O) groups is 1. The molecule has 1 amide bonds. The molecule has 3 aromatic rings. The summed E-state index contributed by atoms with van der Waals surface area (Å²) in [7, 11) is 0. The van der Waals surface area contributed by atoms with Crippen LogP contribution in [-0.4, -0.2) is 22.1 Å². The van der Waals surface area contributed by atoms with E-state index in [1.54, 1.807) is 29.8 Å². The number of aliphatic hydroxyl groups is 1. The van der Waals surface area contributed by atoms with Crippen molar-refractivity contribution in [1.29, 1.82) is 0 Å². The highest BCUT2D eigenvalue weighted by Gasteiger charge is 2.24. The van der Waals surface area contributed by atoms with Crippen LogP contribution < -0.4 is 10.7 Å². The molecule has 24 heavy (non-hydrogen) atoms. The molecule has 124 valence electrons. The number of rotatable bonds is 5. The number of fused-ring (bicyclic) bond motifs is 1. The van der Waals surface area contributed by atoms with Crippen LogP contribution in [0.4, 0.5) is 0 Å². The minimum Gasteiger partial charge on any atom is -0.384 e. The summed E-state index contributed by atoms with van der Waals surface area (Å²) in [4.78, 5) is 24.1. The number of pyridine rings is 1. The zero-order valence-electron chi connectivity index (χ0n) is 13.2. The molecule has 2 N–H and O–H groups in total. The van der Waals surface area contributed by atoms with Gasteiger partial charge in [0.1, 0.15) is 12.1 Å². The second-order valence-corrected chi connectivity index (χ2v) is 6.67. The fourth-order valence-corrected chi connectivity index (χ4v) is 3.34. The van der Waals surface area contributed by atoms with Crippen molar-refractivity contribution in [1.82, 2.24) is 9.88 Å². The van der Waals surface area contributed by atoms with Crippen LogP contribution in [-0.2, 0) is 16.9 Å². The van der Waals surface area contributed by atoms with Crippen molar-refractivity contribution < 1.29 is 9.90 Å². The molecule has 2 heterocycles. The summed E-state index contributed by atoms with van der Waals surface area (Å²) in [6.45, 7) is 1.88. The quantitative estimate of drug-likeness (QED) is 0.746. The number of para-hydroxylation sites is 1. The number of amides is 1. The second kappa shape index (κ2) is 6.59. The Morgan fingerprint density at radius 1 is 1.29 bits per heavy atom. The molecule has 0 radical (unpaired) electrons. The lowest BCUT2D eigenvalue weighted by atomic mass is 9.99. The van der Waals surface area contributed by atoms with Crippen LogP contribution in [0.2, 0.25) is 0 Å². The smallest absolute Gasteiger partial charge is 0.240 e. The van der Waals surface area contributed by atoms with Crippen molar-refractivity contribution in [2.75, 3.05) is 6.54 Å². The summed E-state index contributed by atoms with van der Waals surface area (Å²) in [5, 5.41) is 17.5. The number of hydrogen-bond donors (Lipinski definition) is 2. The Bertz CT molecular complexity index is 913. The molecule has 0 aliphatic carbocycles. The van der Waals surface area contributed by atoms with Gasteiger partial charge in [-0.1, -0.05) is 12.1 Å². The molecular formula is C18H18N2O3S. The first-order valence-electron chi connectivity index (χ1n) is 7.57. The molecule has 5 nitrogen and oxygen atoms in total. The summed E-state index contributed by atoms with van der Waals surface area (Å²) in [6.07, 6.45) is 1.61. The molecule has 1 aromatic carbocycles. The van der Waals surface area contributed by atoms with Gasteiger partial charge < -0.3 is 15.0 Å². The van der Waals surface area contributed by atoms with E-state index in [2.05, 4.69) is 5.32 Å². The Morgan fingerprint density at radius 2 is 2.08 bits per heavy atom. The Hall–Kier alpha value is -2.44. The fourth-order valence-electron chi connectivity index (χ4n) is 2.55. The van der Waals surface area contributed by atoms with Gasteiger partial charge in [-0.2, -0.15) is 11.3 Å². The van der Waals surface area contributed by atoms with E-state index < -0.39 is 5.60 Å². The third-order valence-corrected chi connectivity index (χ3v) is 4.65. The van der Waals surface area contributed by atoms with Gasteiger partial charge in [0.05, 0.1) is 12.1 Å². The predicted molar refractivity (Wildman–Crippen MR) is 95.1 cm³/mol. The van der Waals surface area contributed by atoms with Gasteiger partial charge in [0.25, 0.3) is 0 Å². The summed E-state index contributed by atoms with van der Waals surface area (Å²) in [5.74, 6) is -0.223. The highest BCUT2D eigenvalue weighted by Crippen LogP contribution is 2.22. The summed E-state index contributed by atoms with van der Waals surface area (Å²) >= 11 is 1.50. The lowest BCUT2D eigenvalue weighted by Crippen LogP contribution is -2.39. The van der Waals surface area contributed by atoms with Crippen LogP contribution >= 0.6 is 11.3 Å². The number of nitrogens with one attached hydrogen (secondary N) is 1. The average molecular weight is 342 g/mol. The molecule has 2 aromatic heterocycles. The molecule has 0 aliphatic rings. The van der Waals surface area contributed by atoms with E-state index in [9.17, 15) is 14.7 Å². The molecule has 0 spiro atoms. The third kappa shape index (κ3) is 3.39. The van der Waals surface area contributed by atoms with E-state index in [-0.39, 0.29) is 24.4 Å². The zero-order valence-corrected chi connectivity index (χ0v) is 14.0. The average Bonchev–Trinajstić information content (AvgIpc) is 3.11. The Balaban J connectivity index is 1.72. The Labute approximate surface area is 143 Å². The monoisotopic (exact) mass is 342 g/mol. The molecule has 0 aliphatic heterocycles. The SMILES string of the molecule is CC(O)(CNC(=O)Cn1ccc(=O)c2ccccc21)c1ccsc1. The molecule has 6 heteroatoms. The number of hydrogen-bond acceptors (Lipinski definition) is 4. The third-order valence-electron chi connectivity index (χ3n) is 3.97. The lowest BCUT2D eigenvalue weighted by Gasteiger charge is -2.23. The minimum atomic E-state index is -1.11. The van der Waals surface area contributed by atoms with Gasteiger partial charge in [0.2, 0.25) is 5.91 Å². The van der Waals surface area contributed by atoms with Crippen LogP contribution in [0.1, 0.15) is 12.5 Å². The van der Waals surface area contributed by atoms with Crippen molar-refractivity contribution in [2.24, 2.45) is 0 Å². The molecule has 1 atom stereocenters. The number of carbonyl (C=O) groups excluding carboxylic acids is 1. The van der Waals surface area contributed by atoms with E-state index in [4.69, 9.17) is 0 Å². The van der Waals surface area contributed by atoms with E-state index in [0.29, 0.717) is 10.9 Å². The van der Waals surface area contributed by atoms with Crippen molar-refractivity contribution in [3.63, 3.8) is 0 Å². The van der Waals surface area contributed by atoms with Gasteiger partial charge >= 0.3 is 0 Å². The normalized spacial score (nSPS) is 13.6. The standard InChI is InChI=1S/C18H18N2O3S/c1-18(23,13-7-9-24-11-13)12-19-17(22)10-20-8-6-16(21)14-4-2-3-5-15(14)20/h2-9,11,23H,10,12H2,1H3,(H,19,22). The van der Waals surface area contributed by atoms with Crippen LogP contribution in [0.3, 0.4) is 0 Å². The van der Waals surface area contributed by atoms with Gasteiger partial charge in [-0.3, -0.25) is 9.59 Å². The summed E-state index contributed by atoms with van der Waals surface area (Å²) < 4.78 is 1.73. The van der Waals surface area contributed by atoms with Gasteiger partial charge in [0.15, 0.2) is 5.43 Å². The molecule has 1 unspecified atom stereocenters. The highest BCUT2D eigenvalue weighted by atomic mass is 32.1. The number of benzene rings is 1. The van der Waals surface area contributed by atoms with E-state index >= 15 is 0 Å². The Morgan fingerprint density at radius 3 is 2.83 bits per heavy atom. The van der Waals surface area contributed by atoms with Gasteiger partial charge in [-0.15, -0.1) is 0 Å². The Kier molecular flexibility index (Phi) is 4.51. The van der Waals surface area contributed by atoms with E-state index in [1.165, 1.54) is 17.4 Å². The molecule has 3 rings (SSSR count). The van der Waals surface area contributed by atoms with E-state index in [1.807, 2.05) is 29.0 Å². The highest BCUT2D eigenvalue weighted by molar-refractivity contribution is 7.08. The van der Waals surface area contributed by atoms with E-state index in [0.717, 1.165) is 5.56 Å².